The van der Waals surface area contributed by atoms with E-state index in [2.05, 4.69) is 15.8 Å². The predicted molar refractivity (Wildman–Crippen MR) is 127 cm³/mol. The van der Waals surface area contributed by atoms with Crippen molar-refractivity contribution < 1.29 is 30.9 Å². The molecule has 8 nitrogen and oxygen atoms in total. The van der Waals surface area contributed by atoms with Crippen LogP contribution in [0.15, 0.2) is 34.9 Å². The number of rotatable bonds is 10. The van der Waals surface area contributed by atoms with Crippen LogP contribution in [0.4, 0.5) is 13.2 Å². The minimum absolute atomic E-state index is 0.0305. The molecule has 0 radical (unpaired) electrons. The summed E-state index contributed by atoms with van der Waals surface area (Å²) in [6.07, 6.45) is -0.874. The summed E-state index contributed by atoms with van der Waals surface area (Å²) in [6.45, 7) is 2.93. The van der Waals surface area contributed by atoms with E-state index in [9.17, 15) is 26.4 Å². The topological polar surface area (TPSA) is 105 Å². The van der Waals surface area contributed by atoms with Gasteiger partial charge < -0.3 is 15.2 Å². The van der Waals surface area contributed by atoms with E-state index in [-0.39, 0.29) is 29.4 Å². The van der Waals surface area contributed by atoms with E-state index in [1.165, 1.54) is 16.4 Å². The smallest absolute Gasteiger partial charge is 0.360 e. The Bertz CT molecular complexity index is 1150. The van der Waals surface area contributed by atoms with Gasteiger partial charge in [0.25, 0.3) is 5.91 Å². The van der Waals surface area contributed by atoms with E-state index in [0.717, 1.165) is 30.7 Å². The highest BCUT2D eigenvalue weighted by molar-refractivity contribution is 7.89. The fourth-order valence-corrected chi connectivity index (χ4v) is 6.21. The number of benzene rings is 1. The van der Waals surface area contributed by atoms with Crippen molar-refractivity contribution in [1.29, 1.82) is 0 Å². The predicted octanol–water partition coefficient (Wildman–Crippen LogP) is 3.66. The van der Waals surface area contributed by atoms with Crippen molar-refractivity contribution in [3.63, 3.8) is 0 Å². The molecule has 12 heteroatoms. The Kier molecular flexibility index (Phi) is 8.06. The van der Waals surface area contributed by atoms with Crippen LogP contribution >= 0.6 is 0 Å². The van der Waals surface area contributed by atoms with Gasteiger partial charge in [0.15, 0.2) is 5.69 Å². The number of nitrogens with one attached hydrogen (secondary N) is 2. The number of hydrogen-bond acceptors (Lipinski definition) is 6. The van der Waals surface area contributed by atoms with Gasteiger partial charge in [-0.25, -0.2) is 8.42 Å². The molecule has 1 amide bonds. The molecular weight excluding hydrogens is 497 g/mol. The number of piperidine rings is 1. The van der Waals surface area contributed by atoms with Crippen LogP contribution in [0.5, 0.6) is 0 Å². The highest BCUT2D eigenvalue weighted by Gasteiger charge is 2.35. The van der Waals surface area contributed by atoms with Gasteiger partial charge in [-0.1, -0.05) is 17.3 Å². The van der Waals surface area contributed by atoms with Crippen LogP contribution in [-0.4, -0.2) is 54.7 Å². The minimum atomic E-state index is -4.37. The summed E-state index contributed by atoms with van der Waals surface area (Å²) in [4.78, 5) is 12.5. The average Bonchev–Trinajstić information content (AvgIpc) is 3.54. The number of halogens is 3. The molecule has 2 heterocycles. The lowest BCUT2D eigenvalue weighted by atomic mass is 10.0. The maximum atomic E-state index is 12.9. The van der Waals surface area contributed by atoms with Crippen LogP contribution in [0.1, 0.15) is 72.3 Å². The summed E-state index contributed by atoms with van der Waals surface area (Å²) in [6, 6.07) is 6.16. The normalized spacial score (nSPS) is 21.4. The molecule has 2 atom stereocenters. The third-order valence-electron chi connectivity index (χ3n) is 6.61. The van der Waals surface area contributed by atoms with Crippen molar-refractivity contribution in [2.24, 2.45) is 0 Å². The molecule has 0 bridgehead atoms. The number of aromatic nitrogens is 1. The van der Waals surface area contributed by atoms with Crippen molar-refractivity contribution in [2.45, 2.75) is 69.8 Å². The first kappa shape index (κ1) is 26.6. The van der Waals surface area contributed by atoms with Crippen molar-refractivity contribution >= 4 is 15.9 Å². The second-order valence-corrected chi connectivity index (χ2v) is 11.6. The van der Waals surface area contributed by atoms with Gasteiger partial charge in [0.05, 0.1) is 11.3 Å². The van der Waals surface area contributed by atoms with Gasteiger partial charge in [-0.15, -0.1) is 0 Å². The van der Waals surface area contributed by atoms with Gasteiger partial charge in [-0.05, 0) is 63.3 Å². The molecule has 1 aromatic carbocycles. The summed E-state index contributed by atoms with van der Waals surface area (Å²) in [5.74, 6) is 0.770. The Morgan fingerprint density at radius 3 is 2.56 bits per heavy atom. The number of carbonyl (C=O) groups is 1. The second kappa shape index (κ2) is 10.9. The quantitative estimate of drug-likeness (QED) is 0.456. The minimum Gasteiger partial charge on any atom is -0.360 e. The molecule has 198 valence electrons. The first-order chi connectivity index (χ1) is 17.0. The van der Waals surface area contributed by atoms with Crippen molar-refractivity contribution in [3.05, 3.63) is 52.9 Å². The van der Waals surface area contributed by atoms with Crippen LogP contribution in [0.2, 0.25) is 0 Å². The molecule has 2 N–H and O–H groups in total. The van der Waals surface area contributed by atoms with E-state index in [0.29, 0.717) is 50.4 Å². The zero-order chi connectivity index (χ0) is 25.9. The number of carbonyl (C=O) groups excluding carboxylic acids is 1. The third-order valence-corrected chi connectivity index (χ3v) is 8.68. The summed E-state index contributed by atoms with van der Waals surface area (Å²) in [7, 11) is -3.47. The zero-order valence-corrected chi connectivity index (χ0v) is 20.9. The standard InChI is InChI=1S/C24H31F3N4O4S/c1-16-13-20(29-23(32)21-14-22(35-30-21)18-5-6-18)9-11-31(16)36(33,34)12-2-10-28-15-17-3-7-19(8-4-17)24(25,26)27/h3-4,7-8,14,16,18,20,28H,2,5-6,9-13,15H2,1H3,(H,29,32)/t16-,20-/m0/s1. The zero-order valence-electron chi connectivity index (χ0n) is 20.1. The summed E-state index contributed by atoms with van der Waals surface area (Å²) < 4.78 is 70.4. The van der Waals surface area contributed by atoms with E-state index >= 15 is 0 Å². The fourth-order valence-electron chi connectivity index (χ4n) is 4.45. The Morgan fingerprint density at radius 1 is 1.19 bits per heavy atom. The van der Waals surface area contributed by atoms with Crippen LogP contribution in [0.3, 0.4) is 0 Å². The van der Waals surface area contributed by atoms with Crippen LogP contribution in [0.25, 0.3) is 0 Å². The first-order valence-electron chi connectivity index (χ1n) is 12.2. The second-order valence-electron chi connectivity index (χ2n) is 9.58. The molecule has 1 aliphatic carbocycles. The lowest BCUT2D eigenvalue weighted by Crippen LogP contribution is -2.51. The van der Waals surface area contributed by atoms with E-state index < -0.39 is 21.8 Å². The SMILES string of the molecule is C[C@H]1C[C@@H](NC(=O)c2cc(C3CC3)on2)CCN1S(=O)(=O)CCCNCc1ccc(C(F)(F)F)cc1. The molecule has 36 heavy (non-hydrogen) atoms. The van der Waals surface area contributed by atoms with Gasteiger partial charge in [-0.2, -0.15) is 17.5 Å². The molecule has 0 spiro atoms. The Morgan fingerprint density at radius 2 is 1.92 bits per heavy atom. The molecule has 2 aromatic rings. The fraction of sp³-hybridized carbons (Fsp3) is 0.583. The van der Waals surface area contributed by atoms with Crippen molar-refractivity contribution in [1.82, 2.24) is 20.1 Å². The van der Waals surface area contributed by atoms with Gasteiger partial charge in [0, 0.05) is 37.2 Å². The van der Waals surface area contributed by atoms with Crippen molar-refractivity contribution in [2.75, 3.05) is 18.8 Å². The van der Waals surface area contributed by atoms with Crippen LogP contribution in [-0.2, 0) is 22.7 Å². The Balaban J connectivity index is 1.17. The Hall–Kier alpha value is -2.44. The molecule has 1 saturated heterocycles. The number of sulfonamides is 1. The van der Waals surface area contributed by atoms with Gasteiger partial charge in [0.1, 0.15) is 5.76 Å². The summed E-state index contributed by atoms with van der Waals surface area (Å²) >= 11 is 0. The molecule has 2 fully saturated rings. The molecule has 1 aromatic heterocycles. The molecular formula is C24H31F3N4O4S. The van der Waals surface area contributed by atoms with Gasteiger partial charge in [-0.3, -0.25) is 4.79 Å². The summed E-state index contributed by atoms with van der Waals surface area (Å²) in [5.41, 5.74) is 0.247. The van der Waals surface area contributed by atoms with E-state index in [1.54, 1.807) is 6.07 Å². The highest BCUT2D eigenvalue weighted by Crippen LogP contribution is 2.40. The van der Waals surface area contributed by atoms with E-state index in [1.807, 2.05) is 6.92 Å². The van der Waals surface area contributed by atoms with Crippen LogP contribution in [0, 0.1) is 0 Å². The molecule has 2 aliphatic rings. The largest absolute Gasteiger partial charge is 0.416 e. The maximum absolute atomic E-state index is 12.9. The molecule has 1 saturated carbocycles. The highest BCUT2D eigenvalue weighted by atomic mass is 32.2. The molecule has 0 unspecified atom stereocenters. The molecule has 4 rings (SSSR count). The van der Waals surface area contributed by atoms with Gasteiger partial charge >= 0.3 is 6.18 Å². The third kappa shape index (κ3) is 6.86. The first-order valence-corrected chi connectivity index (χ1v) is 13.8. The number of amides is 1. The number of alkyl halides is 3. The number of hydrogen-bond donors (Lipinski definition) is 2. The van der Waals surface area contributed by atoms with Gasteiger partial charge in [0.2, 0.25) is 10.0 Å². The number of nitrogens with zero attached hydrogens (tertiary/aromatic N) is 2. The Labute approximate surface area is 208 Å². The lowest BCUT2D eigenvalue weighted by molar-refractivity contribution is -0.137. The monoisotopic (exact) mass is 528 g/mol. The molecule has 1 aliphatic heterocycles. The lowest BCUT2D eigenvalue weighted by Gasteiger charge is -2.36. The average molecular weight is 529 g/mol. The maximum Gasteiger partial charge on any atom is 0.416 e. The van der Waals surface area contributed by atoms with Crippen LogP contribution < -0.4 is 10.6 Å². The van der Waals surface area contributed by atoms with Crippen molar-refractivity contribution in [3.8, 4) is 0 Å². The summed E-state index contributed by atoms with van der Waals surface area (Å²) in [5, 5.41) is 9.87. The van der Waals surface area contributed by atoms with E-state index in [4.69, 9.17) is 4.52 Å².